The summed E-state index contributed by atoms with van der Waals surface area (Å²) in [6.45, 7) is 5.54. The number of hydrogen-bond donors (Lipinski definition) is 1. The second kappa shape index (κ2) is 3.94. The van der Waals surface area contributed by atoms with E-state index in [1.165, 1.54) is 32.4 Å². The maximum absolute atomic E-state index is 5.56. The van der Waals surface area contributed by atoms with Crippen LogP contribution in [0.15, 0.2) is 0 Å². The molecule has 1 rings (SSSR count). The van der Waals surface area contributed by atoms with Crippen molar-refractivity contribution in [2.75, 3.05) is 19.6 Å². The molecule has 0 radical (unpaired) electrons. The van der Waals surface area contributed by atoms with Gasteiger partial charge < -0.3 is 5.73 Å². The monoisotopic (exact) mass is 142 g/mol. The van der Waals surface area contributed by atoms with Gasteiger partial charge in [-0.3, -0.25) is 4.90 Å². The summed E-state index contributed by atoms with van der Waals surface area (Å²) in [6, 6.07) is 0.597. The van der Waals surface area contributed by atoms with Crippen molar-refractivity contribution in [3.05, 3.63) is 0 Å². The summed E-state index contributed by atoms with van der Waals surface area (Å²) in [5.74, 6) is 0. The first-order valence-electron chi connectivity index (χ1n) is 4.28. The molecule has 0 aliphatic carbocycles. The van der Waals surface area contributed by atoms with Crippen LogP contribution < -0.4 is 5.73 Å². The SMILES string of the molecule is C[C@H](CN)N1CCCCC1. The molecule has 10 heavy (non-hydrogen) atoms. The van der Waals surface area contributed by atoms with Crippen molar-refractivity contribution in [1.29, 1.82) is 0 Å². The van der Waals surface area contributed by atoms with E-state index in [4.69, 9.17) is 5.73 Å². The highest BCUT2D eigenvalue weighted by atomic mass is 15.2. The molecule has 1 aliphatic rings. The Morgan fingerprint density at radius 2 is 1.90 bits per heavy atom. The van der Waals surface area contributed by atoms with Crippen LogP contribution >= 0.6 is 0 Å². The molecule has 0 saturated carbocycles. The molecule has 1 heterocycles. The standard InChI is InChI=1S/C8H18N2/c1-8(7-9)10-5-3-2-4-6-10/h8H,2-7,9H2,1H3/t8-/m1/s1. The molecule has 2 heteroatoms. The second-order valence-electron chi connectivity index (χ2n) is 3.18. The van der Waals surface area contributed by atoms with E-state index < -0.39 is 0 Å². The second-order valence-corrected chi connectivity index (χ2v) is 3.18. The van der Waals surface area contributed by atoms with Gasteiger partial charge in [0.05, 0.1) is 0 Å². The Balaban J connectivity index is 2.24. The normalized spacial score (nSPS) is 24.6. The minimum atomic E-state index is 0.597. The lowest BCUT2D eigenvalue weighted by atomic mass is 10.1. The highest BCUT2D eigenvalue weighted by Crippen LogP contribution is 2.10. The van der Waals surface area contributed by atoms with Crippen LogP contribution in [-0.2, 0) is 0 Å². The Labute approximate surface area is 63.4 Å². The van der Waals surface area contributed by atoms with E-state index in [9.17, 15) is 0 Å². The minimum Gasteiger partial charge on any atom is -0.329 e. The van der Waals surface area contributed by atoms with Gasteiger partial charge in [-0.2, -0.15) is 0 Å². The zero-order chi connectivity index (χ0) is 7.40. The van der Waals surface area contributed by atoms with E-state index in [0.29, 0.717) is 6.04 Å². The topological polar surface area (TPSA) is 29.3 Å². The number of hydrogen-bond acceptors (Lipinski definition) is 2. The number of rotatable bonds is 2. The average molecular weight is 142 g/mol. The first kappa shape index (κ1) is 8.02. The first-order chi connectivity index (χ1) is 4.84. The third-order valence-electron chi connectivity index (χ3n) is 2.36. The molecule has 0 aromatic rings. The highest BCUT2D eigenvalue weighted by Gasteiger charge is 2.14. The van der Waals surface area contributed by atoms with Crippen molar-refractivity contribution < 1.29 is 0 Å². The van der Waals surface area contributed by atoms with Crippen molar-refractivity contribution in [2.45, 2.75) is 32.2 Å². The molecule has 0 aromatic carbocycles. The van der Waals surface area contributed by atoms with Crippen molar-refractivity contribution in [3.63, 3.8) is 0 Å². The molecular weight excluding hydrogens is 124 g/mol. The summed E-state index contributed by atoms with van der Waals surface area (Å²) in [5.41, 5.74) is 5.56. The smallest absolute Gasteiger partial charge is 0.0190 e. The van der Waals surface area contributed by atoms with E-state index in [0.717, 1.165) is 6.54 Å². The van der Waals surface area contributed by atoms with Gasteiger partial charge in [0.2, 0.25) is 0 Å². The van der Waals surface area contributed by atoms with Crippen molar-refractivity contribution >= 4 is 0 Å². The maximum Gasteiger partial charge on any atom is 0.0190 e. The van der Waals surface area contributed by atoms with Gasteiger partial charge in [-0.25, -0.2) is 0 Å². The summed E-state index contributed by atoms with van der Waals surface area (Å²) >= 11 is 0. The van der Waals surface area contributed by atoms with Crippen LogP contribution in [0.3, 0.4) is 0 Å². The van der Waals surface area contributed by atoms with Gasteiger partial charge in [-0.05, 0) is 32.9 Å². The van der Waals surface area contributed by atoms with Crippen LogP contribution in [0.4, 0.5) is 0 Å². The molecule has 0 aromatic heterocycles. The number of nitrogens with zero attached hydrogens (tertiary/aromatic N) is 1. The number of likely N-dealkylation sites (tertiary alicyclic amines) is 1. The third-order valence-corrected chi connectivity index (χ3v) is 2.36. The summed E-state index contributed by atoms with van der Waals surface area (Å²) in [4.78, 5) is 2.49. The van der Waals surface area contributed by atoms with Gasteiger partial charge in [-0.15, -0.1) is 0 Å². The quantitative estimate of drug-likeness (QED) is 0.618. The fourth-order valence-corrected chi connectivity index (χ4v) is 1.51. The van der Waals surface area contributed by atoms with Crippen molar-refractivity contribution in [1.82, 2.24) is 4.90 Å². The highest BCUT2D eigenvalue weighted by molar-refractivity contribution is 4.71. The Kier molecular flexibility index (Phi) is 3.16. The summed E-state index contributed by atoms with van der Waals surface area (Å²) in [7, 11) is 0. The first-order valence-corrected chi connectivity index (χ1v) is 4.28. The van der Waals surface area contributed by atoms with Gasteiger partial charge in [0, 0.05) is 12.6 Å². The Bertz CT molecular complexity index is 87.3. The zero-order valence-corrected chi connectivity index (χ0v) is 6.84. The molecule has 1 saturated heterocycles. The Hall–Kier alpha value is -0.0800. The Morgan fingerprint density at radius 1 is 1.30 bits per heavy atom. The van der Waals surface area contributed by atoms with Gasteiger partial charge in [0.1, 0.15) is 0 Å². The van der Waals surface area contributed by atoms with Crippen LogP contribution in [-0.4, -0.2) is 30.6 Å². The minimum absolute atomic E-state index is 0.597. The molecule has 0 bridgehead atoms. The molecule has 2 N–H and O–H groups in total. The summed E-state index contributed by atoms with van der Waals surface area (Å²) in [5, 5.41) is 0. The van der Waals surface area contributed by atoms with E-state index >= 15 is 0 Å². The lowest BCUT2D eigenvalue weighted by Crippen LogP contribution is -2.41. The Morgan fingerprint density at radius 3 is 2.40 bits per heavy atom. The molecule has 0 spiro atoms. The number of nitrogens with two attached hydrogens (primary N) is 1. The van der Waals surface area contributed by atoms with Gasteiger partial charge in [0.15, 0.2) is 0 Å². The molecule has 0 unspecified atom stereocenters. The predicted octanol–water partition coefficient (Wildman–Crippen LogP) is 0.819. The predicted molar refractivity (Wildman–Crippen MR) is 43.9 cm³/mol. The van der Waals surface area contributed by atoms with E-state index in [1.807, 2.05) is 0 Å². The van der Waals surface area contributed by atoms with Crippen LogP contribution in [0.5, 0.6) is 0 Å². The van der Waals surface area contributed by atoms with Crippen LogP contribution in [0.2, 0.25) is 0 Å². The summed E-state index contributed by atoms with van der Waals surface area (Å²) in [6.07, 6.45) is 4.14. The van der Waals surface area contributed by atoms with Crippen LogP contribution in [0.25, 0.3) is 0 Å². The lowest BCUT2D eigenvalue weighted by Gasteiger charge is -2.31. The lowest BCUT2D eigenvalue weighted by molar-refractivity contribution is 0.178. The van der Waals surface area contributed by atoms with E-state index in [1.54, 1.807) is 0 Å². The third kappa shape index (κ3) is 1.96. The fraction of sp³-hybridized carbons (Fsp3) is 1.00. The average Bonchev–Trinajstić information content (AvgIpc) is 2.05. The van der Waals surface area contributed by atoms with Gasteiger partial charge in [-0.1, -0.05) is 6.42 Å². The van der Waals surface area contributed by atoms with Crippen LogP contribution in [0.1, 0.15) is 26.2 Å². The van der Waals surface area contributed by atoms with Gasteiger partial charge >= 0.3 is 0 Å². The molecule has 2 nitrogen and oxygen atoms in total. The molecule has 1 aliphatic heterocycles. The van der Waals surface area contributed by atoms with E-state index in [-0.39, 0.29) is 0 Å². The van der Waals surface area contributed by atoms with Gasteiger partial charge in [0.25, 0.3) is 0 Å². The van der Waals surface area contributed by atoms with Crippen molar-refractivity contribution in [3.8, 4) is 0 Å². The fourth-order valence-electron chi connectivity index (χ4n) is 1.51. The van der Waals surface area contributed by atoms with Crippen LogP contribution in [0, 0.1) is 0 Å². The van der Waals surface area contributed by atoms with Crippen molar-refractivity contribution in [2.24, 2.45) is 5.73 Å². The largest absolute Gasteiger partial charge is 0.329 e. The molecular formula is C8H18N2. The zero-order valence-electron chi connectivity index (χ0n) is 6.84. The molecule has 1 fully saturated rings. The molecule has 1 atom stereocenters. The van der Waals surface area contributed by atoms with E-state index in [2.05, 4.69) is 11.8 Å². The molecule has 0 amide bonds. The molecule has 60 valence electrons. The maximum atomic E-state index is 5.56. The summed E-state index contributed by atoms with van der Waals surface area (Å²) < 4.78 is 0. The number of piperidine rings is 1.